The SMILES string of the molecule is Cc1cc(NC(=O)[C@H]2[C@@H](c3ccncc3)[C@@H]3CC[C@H]2O3)ccc1Cl. The molecule has 0 aliphatic carbocycles. The van der Waals surface area contributed by atoms with Gasteiger partial charge in [0.2, 0.25) is 5.91 Å². The molecule has 3 heterocycles. The van der Waals surface area contributed by atoms with Crippen LogP contribution >= 0.6 is 11.6 Å². The van der Waals surface area contributed by atoms with Crippen LogP contribution in [0.15, 0.2) is 42.7 Å². The standard InChI is InChI=1S/C19H19ClN2O2/c1-11-10-13(2-3-14(11)20)22-19(23)18-16-5-4-15(24-16)17(18)12-6-8-21-9-7-12/h2-3,6-10,15-18H,4-5H2,1H3,(H,22,23)/t15-,16+,17-,18+/m0/s1. The fourth-order valence-electron chi connectivity index (χ4n) is 3.97. The molecule has 1 amide bonds. The molecule has 2 aromatic rings. The molecule has 5 heteroatoms. The molecule has 124 valence electrons. The van der Waals surface area contributed by atoms with E-state index in [4.69, 9.17) is 16.3 Å². The Bertz CT molecular complexity index is 765. The van der Waals surface area contributed by atoms with E-state index in [1.54, 1.807) is 12.4 Å². The molecule has 0 unspecified atom stereocenters. The third-order valence-corrected chi connectivity index (χ3v) is 5.52. The number of ether oxygens (including phenoxy) is 1. The number of fused-ring (bicyclic) bond motifs is 2. The molecule has 2 aliphatic heterocycles. The van der Waals surface area contributed by atoms with Crippen molar-refractivity contribution in [1.29, 1.82) is 0 Å². The summed E-state index contributed by atoms with van der Waals surface area (Å²) in [5, 5.41) is 3.74. The van der Waals surface area contributed by atoms with Crippen LogP contribution in [0.4, 0.5) is 5.69 Å². The van der Waals surface area contributed by atoms with Crippen molar-refractivity contribution in [2.75, 3.05) is 5.32 Å². The molecular formula is C19H19ClN2O2. The van der Waals surface area contributed by atoms with E-state index >= 15 is 0 Å². The van der Waals surface area contributed by atoms with Gasteiger partial charge in [-0.2, -0.15) is 0 Å². The second-order valence-corrected chi connectivity index (χ2v) is 6.98. The smallest absolute Gasteiger partial charge is 0.230 e. The van der Waals surface area contributed by atoms with Crippen LogP contribution in [0.5, 0.6) is 0 Å². The topological polar surface area (TPSA) is 51.2 Å². The molecule has 1 aromatic heterocycles. The predicted octanol–water partition coefficient (Wildman–Crippen LogP) is 3.94. The van der Waals surface area contributed by atoms with Gasteiger partial charge in [-0.25, -0.2) is 0 Å². The number of nitrogens with zero attached hydrogens (tertiary/aromatic N) is 1. The number of amides is 1. The van der Waals surface area contributed by atoms with Gasteiger partial charge in [-0.05, 0) is 61.2 Å². The van der Waals surface area contributed by atoms with Crippen LogP contribution in [-0.4, -0.2) is 23.1 Å². The number of aromatic nitrogens is 1. The van der Waals surface area contributed by atoms with E-state index < -0.39 is 0 Å². The van der Waals surface area contributed by atoms with Crippen molar-refractivity contribution in [2.45, 2.75) is 37.9 Å². The van der Waals surface area contributed by atoms with E-state index in [1.807, 2.05) is 37.3 Å². The van der Waals surface area contributed by atoms with Crippen LogP contribution in [0.25, 0.3) is 0 Å². The summed E-state index contributed by atoms with van der Waals surface area (Å²) in [6.45, 7) is 1.93. The Labute approximate surface area is 146 Å². The second kappa shape index (κ2) is 6.19. The average molecular weight is 343 g/mol. The largest absolute Gasteiger partial charge is 0.373 e. The normalized spacial score (nSPS) is 28.1. The Morgan fingerprint density at radius 2 is 1.96 bits per heavy atom. The number of halogens is 1. The van der Waals surface area contributed by atoms with E-state index in [2.05, 4.69) is 10.3 Å². The fourth-order valence-corrected chi connectivity index (χ4v) is 4.09. The van der Waals surface area contributed by atoms with E-state index in [9.17, 15) is 4.79 Å². The molecule has 2 bridgehead atoms. The van der Waals surface area contributed by atoms with Crippen molar-refractivity contribution in [2.24, 2.45) is 5.92 Å². The summed E-state index contributed by atoms with van der Waals surface area (Å²) < 4.78 is 6.05. The van der Waals surface area contributed by atoms with Gasteiger partial charge in [0.05, 0.1) is 18.1 Å². The first-order chi connectivity index (χ1) is 11.6. The number of carbonyl (C=O) groups excluding carboxylic acids is 1. The molecule has 0 saturated carbocycles. The van der Waals surface area contributed by atoms with E-state index in [0.717, 1.165) is 29.7 Å². The lowest BCUT2D eigenvalue weighted by molar-refractivity contribution is -0.121. The van der Waals surface area contributed by atoms with Gasteiger partial charge >= 0.3 is 0 Å². The molecule has 4 nitrogen and oxygen atoms in total. The highest BCUT2D eigenvalue weighted by atomic mass is 35.5. The zero-order valence-electron chi connectivity index (χ0n) is 13.4. The second-order valence-electron chi connectivity index (χ2n) is 6.58. The Hall–Kier alpha value is -1.91. The van der Waals surface area contributed by atoms with Crippen molar-refractivity contribution in [3.8, 4) is 0 Å². The lowest BCUT2D eigenvalue weighted by Gasteiger charge is -2.27. The van der Waals surface area contributed by atoms with Crippen LogP contribution < -0.4 is 5.32 Å². The molecule has 2 aliphatic rings. The highest BCUT2D eigenvalue weighted by Gasteiger charge is 2.52. The van der Waals surface area contributed by atoms with Gasteiger partial charge in [-0.3, -0.25) is 9.78 Å². The molecule has 0 radical (unpaired) electrons. The maximum Gasteiger partial charge on any atom is 0.230 e. The maximum absolute atomic E-state index is 12.9. The lowest BCUT2D eigenvalue weighted by Crippen LogP contribution is -2.36. The van der Waals surface area contributed by atoms with E-state index in [1.165, 1.54) is 0 Å². The summed E-state index contributed by atoms with van der Waals surface area (Å²) in [7, 11) is 0. The van der Waals surface area contributed by atoms with Gasteiger partial charge in [0.25, 0.3) is 0 Å². The highest BCUT2D eigenvalue weighted by Crippen LogP contribution is 2.49. The van der Waals surface area contributed by atoms with Crippen molar-refractivity contribution in [3.05, 3.63) is 58.9 Å². The average Bonchev–Trinajstić information content (AvgIpc) is 3.20. The summed E-state index contributed by atoms with van der Waals surface area (Å²) >= 11 is 6.06. The molecule has 1 N–H and O–H groups in total. The summed E-state index contributed by atoms with van der Waals surface area (Å²) in [5.41, 5.74) is 2.85. The zero-order chi connectivity index (χ0) is 16.7. The Morgan fingerprint density at radius 3 is 2.71 bits per heavy atom. The van der Waals surface area contributed by atoms with Crippen LogP contribution in [0, 0.1) is 12.8 Å². The third kappa shape index (κ3) is 2.70. The third-order valence-electron chi connectivity index (χ3n) is 5.09. The summed E-state index contributed by atoms with van der Waals surface area (Å²) in [5.74, 6) is -0.0481. The monoisotopic (exact) mass is 342 g/mol. The minimum atomic E-state index is -0.165. The van der Waals surface area contributed by atoms with Gasteiger partial charge in [-0.1, -0.05) is 11.6 Å². The highest BCUT2D eigenvalue weighted by molar-refractivity contribution is 6.31. The molecule has 4 rings (SSSR count). The Balaban J connectivity index is 1.59. The fraction of sp³-hybridized carbons (Fsp3) is 0.368. The maximum atomic E-state index is 12.9. The minimum Gasteiger partial charge on any atom is -0.373 e. The van der Waals surface area contributed by atoms with Gasteiger partial charge in [0.15, 0.2) is 0 Å². The number of carbonyl (C=O) groups is 1. The number of nitrogens with one attached hydrogen (secondary N) is 1. The first kappa shape index (κ1) is 15.6. The first-order valence-corrected chi connectivity index (χ1v) is 8.63. The first-order valence-electron chi connectivity index (χ1n) is 8.26. The van der Waals surface area contributed by atoms with Crippen molar-refractivity contribution < 1.29 is 9.53 Å². The number of hydrogen-bond acceptors (Lipinski definition) is 3. The molecule has 0 spiro atoms. The summed E-state index contributed by atoms with van der Waals surface area (Å²) in [4.78, 5) is 17.0. The van der Waals surface area contributed by atoms with E-state index in [-0.39, 0.29) is 30.0 Å². The molecule has 2 fully saturated rings. The van der Waals surface area contributed by atoms with E-state index in [0.29, 0.717) is 5.02 Å². The number of aryl methyl sites for hydroxylation is 1. The number of benzene rings is 1. The van der Waals surface area contributed by atoms with Crippen molar-refractivity contribution in [1.82, 2.24) is 4.98 Å². The van der Waals surface area contributed by atoms with Gasteiger partial charge < -0.3 is 10.1 Å². The number of hydrogen-bond donors (Lipinski definition) is 1. The van der Waals surface area contributed by atoms with Crippen LogP contribution in [0.2, 0.25) is 5.02 Å². The van der Waals surface area contributed by atoms with Crippen molar-refractivity contribution in [3.63, 3.8) is 0 Å². The van der Waals surface area contributed by atoms with Gasteiger partial charge in [0, 0.05) is 29.0 Å². The molecule has 4 atom stereocenters. The number of anilines is 1. The molecule has 24 heavy (non-hydrogen) atoms. The minimum absolute atomic E-state index is 0.00145. The van der Waals surface area contributed by atoms with Crippen LogP contribution in [0.3, 0.4) is 0 Å². The molecular weight excluding hydrogens is 324 g/mol. The lowest BCUT2D eigenvalue weighted by atomic mass is 9.75. The predicted molar refractivity (Wildman–Crippen MR) is 93.2 cm³/mol. The Kier molecular flexibility index (Phi) is 4.02. The van der Waals surface area contributed by atoms with Crippen molar-refractivity contribution >= 4 is 23.2 Å². The Morgan fingerprint density at radius 1 is 1.21 bits per heavy atom. The quantitative estimate of drug-likeness (QED) is 0.919. The van der Waals surface area contributed by atoms with Crippen LogP contribution in [0.1, 0.15) is 29.9 Å². The van der Waals surface area contributed by atoms with Gasteiger partial charge in [-0.15, -0.1) is 0 Å². The summed E-state index contributed by atoms with van der Waals surface area (Å²) in [6.07, 6.45) is 5.64. The number of pyridine rings is 1. The van der Waals surface area contributed by atoms with Crippen LogP contribution in [-0.2, 0) is 9.53 Å². The molecule has 2 saturated heterocycles. The summed E-state index contributed by atoms with van der Waals surface area (Å²) in [6, 6.07) is 9.52. The number of rotatable bonds is 3. The molecule has 1 aromatic carbocycles. The zero-order valence-corrected chi connectivity index (χ0v) is 14.2. The van der Waals surface area contributed by atoms with Gasteiger partial charge in [0.1, 0.15) is 0 Å².